The van der Waals surface area contributed by atoms with Gasteiger partial charge in [-0.05, 0) is 61.5 Å². The van der Waals surface area contributed by atoms with E-state index in [1.54, 1.807) is 30.3 Å². The minimum absolute atomic E-state index is 0.149. The third-order valence-corrected chi connectivity index (χ3v) is 5.60. The van der Waals surface area contributed by atoms with Gasteiger partial charge in [0.1, 0.15) is 17.3 Å². The lowest BCUT2D eigenvalue weighted by molar-refractivity contribution is -0.114. The summed E-state index contributed by atoms with van der Waals surface area (Å²) in [7, 11) is 0. The lowest BCUT2D eigenvalue weighted by atomic mass is 10.2. The molecule has 0 spiro atoms. The number of amides is 2. The predicted molar refractivity (Wildman–Crippen MR) is 133 cm³/mol. The molecule has 0 saturated carbocycles. The smallest absolute Gasteiger partial charge is 0.234 e. The van der Waals surface area contributed by atoms with Crippen molar-refractivity contribution in [3.63, 3.8) is 0 Å². The first-order valence-corrected chi connectivity index (χ1v) is 11.5. The highest BCUT2D eigenvalue weighted by atomic mass is 32.2. The van der Waals surface area contributed by atoms with E-state index in [1.165, 1.54) is 18.7 Å². The third kappa shape index (κ3) is 6.02. The minimum atomic E-state index is -0.166. The van der Waals surface area contributed by atoms with E-state index in [0.29, 0.717) is 28.1 Å². The van der Waals surface area contributed by atoms with E-state index < -0.39 is 0 Å². The second-order valence-electron chi connectivity index (χ2n) is 7.37. The van der Waals surface area contributed by atoms with Crippen molar-refractivity contribution < 1.29 is 14.3 Å². The van der Waals surface area contributed by atoms with Crippen molar-refractivity contribution in [1.82, 2.24) is 14.8 Å². The average Bonchev–Trinajstić information content (AvgIpc) is 3.20. The van der Waals surface area contributed by atoms with Crippen molar-refractivity contribution in [2.24, 2.45) is 0 Å². The molecule has 1 heterocycles. The Labute approximate surface area is 201 Å². The standard InChI is InChI=1S/C25H23N5O3S/c1-17-28-29-25(30(17)21-8-6-7-20(15-21)26-18(2)31)34-16-24(32)27-19-11-13-23(14-12-19)33-22-9-4-3-5-10-22/h3-15H,16H2,1-2H3,(H,26,31)(H,27,32). The molecular weight excluding hydrogens is 450 g/mol. The molecule has 0 radical (unpaired) electrons. The van der Waals surface area contributed by atoms with Crippen LogP contribution < -0.4 is 15.4 Å². The summed E-state index contributed by atoms with van der Waals surface area (Å²) in [6.45, 7) is 3.29. The fourth-order valence-electron chi connectivity index (χ4n) is 3.22. The van der Waals surface area contributed by atoms with Crippen LogP contribution in [0, 0.1) is 6.92 Å². The van der Waals surface area contributed by atoms with Crippen LogP contribution in [0.2, 0.25) is 0 Å². The number of carbonyl (C=O) groups is 2. The summed E-state index contributed by atoms with van der Waals surface area (Å²) in [6, 6.07) is 24.1. The summed E-state index contributed by atoms with van der Waals surface area (Å²) in [5, 5.41) is 14.6. The molecule has 172 valence electrons. The van der Waals surface area contributed by atoms with Gasteiger partial charge in [-0.2, -0.15) is 0 Å². The molecular formula is C25H23N5O3S. The molecule has 9 heteroatoms. The van der Waals surface area contributed by atoms with Crippen LogP contribution in [0.4, 0.5) is 11.4 Å². The van der Waals surface area contributed by atoms with E-state index in [4.69, 9.17) is 4.74 Å². The van der Waals surface area contributed by atoms with Gasteiger partial charge in [-0.15, -0.1) is 10.2 Å². The van der Waals surface area contributed by atoms with Gasteiger partial charge in [0.25, 0.3) is 0 Å². The second-order valence-corrected chi connectivity index (χ2v) is 8.32. The van der Waals surface area contributed by atoms with Crippen molar-refractivity contribution in [2.75, 3.05) is 16.4 Å². The fraction of sp³-hybridized carbons (Fsp3) is 0.120. The number of nitrogens with one attached hydrogen (secondary N) is 2. The fourth-order valence-corrected chi connectivity index (χ4v) is 4.02. The van der Waals surface area contributed by atoms with Gasteiger partial charge in [0, 0.05) is 18.3 Å². The SMILES string of the molecule is CC(=O)Nc1cccc(-n2c(C)nnc2SCC(=O)Nc2ccc(Oc3ccccc3)cc2)c1. The van der Waals surface area contributed by atoms with Gasteiger partial charge in [-0.25, -0.2) is 0 Å². The molecule has 0 unspecified atom stereocenters. The first-order valence-electron chi connectivity index (χ1n) is 10.5. The summed E-state index contributed by atoms with van der Waals surface area (Å²) in [5.74, 6) is 1.95. The minimum Gasteiger partial charge on any atom is -0.457 e. The largest absolute Gasteiger partial charge is 0.457 e. The summed E-state index contributed by atoms with van der Waals surface area (Å²) in [5.41, 5.74) is 2.14. The van der Waals surface area contributed by atoms with Gasteiger partial charge < -0.3 is 15.4 Å². The normalized spacial score (nSPS) is 10.5. The Bertz CT molecular complexity index is 1290. The molecule has 4 rings (SSSR count). The molecule has 8 nitrogen and oxygen atoms in total. The highest BCUT2D eigenvalue weighted by Gasteiger charge is 2.14. The number of thioether (sulfide) groups is 1. The van der Waals surface area contributed by atoms with Gasteiger partial charge in [0.05, 0.1) is 11.4 Å². The third-order valence-electron chi connectivity index (χ3n) is 4.67. The lowest BCUT2D eigenvalue weighted by Crippen LogP contribution is -2.14. The van der Waals surface area contributed by atoms with E-state index in [9.17, 15) is 9.59 Å². The van der Waals surface area contributed by atoms with Crippen LogP contribution in [0.5, 0.6) is 11.5 Å². The molecule has 0 atom stereocenters. The molecule has 0 bridgehead atoms. The van der Waals surface area contributed by atoms with Crippen molar-refractivity contribution in [3.8, 4) is 17.2 Å². The molecule has 2 N–H and O–H groups in total. The molecule has 0 aliphatic heterocycles. The van der Waals surface area contributed by atoms with Gasteiger partial charge in [-0.3, -0.25) is 14.2 Å². The molecule has 3 aromatic carbocycles. The molecule has 0 fully saturated rings. The summed E-state index contributed by atoms with van der Waals surface area (Å²) in [6.07, 6.45) is 0. The Balaban J connectivity index is 1.37. The molecule has 2 amide bonds. The first-order chi connectivity index (χ1) is 16.5. The molecule has 0 aliphatic rings. The van der Waals surface area contributed by atoms with E-state index in [1.807, 2.05) is 60.0 Å². The number of hydrogen-bond donors (Lipinski definition) is 2. The van der Waals surface area contributed by atoms with Crippen LogP contribution in [0.15, 0.2) is 84.0 Å². The van der Waals surface area contributed by atoms with Crippen LogP contribution >= 0.6 is 11.8 Å². The average molecular weight is 474 g/mol. The van der Waals surface area contributed by atoms with Crippen LogP contribution in [-0.2, 0) is 9.59 Å². The number of ether oxygens (including phenoxy) is 1. The van der Waals surface area contributed by atoms with E-state index in [-0.39, 0.29) is 17.6 Å². The van der Waals surface area contributed by atoms with E-state index >= 15 is 0 Å². The van der Waals surface area contributed by atoms with Crippen molar-refractivity contribution in [2.45, 2.75) is 19.0 Å². The van der Waals surface area contributed by atoms with E-state index in [2.05, 4.69) is 20.8 Å². The Kier molecular flexibility index (Phi) is 7.24. The molecule has 0 aliphatic carbocycles. The number of aryl methyl sites for hydroxylation is 1. The van der Waals surface area contributed by atoms with Crippen LogP contribution in [-0.4, -0.2) is 32.3 Å². The summed E-state index contributed by atoms with van der Waals surface area (Å²) in [4.78, 5) is 23.9. The quantitative estimate of drug-likeness (QED) is 0.347. The molecule has 0 saturated heterocycles. The first kappa shape index (κ1) is 23.1. The maximum Gasteiger partial charge on any atom is 0.234 e. The number of hydrogen-bond acceptors (Lipinski definition) is 6. The van der Waals surface area contributed by atoms with Crippen molar-refractivity contribution in [1.29, 1.82) is 0 Å². The number of anilines is 2. The maximum atomic E-state index is 12.5. The van der Waals surface area contributed by atoms with Crippen LogP contribution in [0.1, 0.15) is 12.7 Å². The zero-order chi connectivity index (χ0) is 23.9. The highest BCUT2D eigenvalue weighted by molar-refractivity contribution is 7.99. The molecule has 4 aromatic rings. The Hall–Kier alpha value is -4.11. The van der Waals surface area contributed by atoms with E-state index in [0.717, 1.165) is 11.4 Å². The number of para-hydroxylation sites is 1. The van der Waals surface area contributed by atoms with Gasteiger partial charge in [0.15, 0.2) is 5.16 Å². The van der Waals surface area contributed by atoms with Gasteiger partial charge in [0.2, 0.25) is 11.8 Å². The number of aromatic nitrogens is 3. The zero-order valence-electron chi connectivity index (χ0n) is 18.7. The highest BCUT2D eigenvalue weighted by Crippen LogP contribution is 2.25. The Morgan fingerprint density at radius 2 is 1.62 bits per heavy atom. The van der Waals surface area contributed by atoms with Crippen LogP contribution in [0.3, 0.4) is 0 Å². The maximum absolute atomic E-state index is 12.5. The van der Waals surface area contributed by atoms with Gasteiger partial charge in [-0.1, -0.05) is 36.0 Å². The van der Waals surface area contributed by atoms with Gasteiger partial charge >= 0.3 is 0 Å². The summed E-state index contributed by atoms with van der Waals surface area (Å²) < 4.78 is 7.62. The second kappa shape index (κ2) is 10.7. The lowest BCUT2D eigenvalue weighted by Gasteiger charge is -2.11. The van der Waals surface area contributed by atoms with Crippen LogP contribution in [0.25, 0.3) is 5.69 Å². The number of benzene rings is 3. The number of carbonyl (C=O) groups excluding carboxylic acids is 2. The number of rotatable bonds is 8. The molecule has 34 heavy (non-hydrogen) atoms. The Morgan fingerprint density at radius 3 is 2.35 bits per heavy atom. The zero-order valence-corrected chi connectivity index (χ0v) is 19.5. The Morgan fingerprint density at radius 1 is 0.882 bits per heavy atom. The predicted octanol–water partition coefficient (Wildman–Crippen LogP) is 5.06. The number of nitrogens with zero attached hydrogens (tertiary/aromatic N) is 3. The summed E-state index contributed by atoms with van der Waals surface area (Å²) >= 11 is 1.28. The van der Waals surface area contributed by atoms with Crippen molar-refractivity contribution >= 4 is 35.0 Å². The topological polar surface area (TPSA) is 98.1 Å². The van der Waals surface area contributed by atoms with Crippen molar-refractivity contribution in [3.05, 3.63) is 84.7 Å². The molecule has 1 aromatic heterocycles. The monoisotopic (exact) mass is 473 g/mol.